The predicted octanol–water partition coefficient (Wildman–Crippen LogP) is 1.25. The molecule has 5 nitrogen and oxygen atoms in total. The van der Waals surface area contributed by atoms with Gasteiger partial charge in [-0.2, -0.15) is 0 Å². The van der Waals surface area contributed by atoms with Gasteiger partial charge in [0.2, 0.25) is 17.7 Å². The summed E-state index contributed by atoms with van der Waals surface area (Å²) < 4.78 is 0. The molecule has 3 amide bonds. The molecule has 0 radical (unpaired) electrons. The molecular weight excluding hydrogens is 316 g/mol. The quantitative estimate of drug-likeness (QED) is 0.665. The highest BCUT2D eigenvalue weighted by atomic mass is 16.2. The van der Waals surface area contributed by atoms with Crippen LogP contribution in [0.25, 0.3) is 0 Å². The van der Waals surface area contributed by atoms with Gasteiger partial charge >= 0.3 is 0 Å². The summed E-state index contributed by atoms with van der Waals surface area (Å²) in [6, 6.07) is 8.23. The van der Waals surface area contributed by atoms with Gasteiger partial charge in [0.05, 0.1) is 11.8 Å². The van der Waals surface area contributed by atoms with Crippen molar-refractivity contribution in [3.05, 3.63) is 47.5 Å². The van der Waals surface area contributed by atoms with Crippen LogP contribution >= 0.6 is 0 Å². The van der Waals surface area contributed by atoms with Crippen LogP contribution in [-0.2, 0) is 20.8 Å². The van der Waals surface area contributed by atoms with Crippen molar-refractivity contribution < 1.29 is 14.4 Å². The number of likely N-dealkylation sites (tertiary alicyclic amines) is 1. The van der Waals surface area contributed by atoms with Gasteiger partial charge in [-0.1, -0.05) is 36.4 Å². The summed E-state index contributed by atoms with van der Waals surface area (Å²) in [4.78, 5) is 38.6. The minimum absolute atomic E-state index is 0.140. The van der Waals surface area contributed by atoms with E-state index in [9.17, 15) is 14.4 Å². The van der Waals surface area contributed by atoms with Crippen LogP contribution in [0.4, 0.5) is 0 Å². The highest BCUT2D eigenvalue weighted by molar-refractivity contribution is 6.08. The maximum absolute atomic E-state index is 12.6. The molecule has 0 aromatic heterocycles. The van der Waals surface area contributed by atoms with Gasteiger partial charge in [-0.3, -0.25) is 19.3 Å². The number of nitrogens with zero attached hydrogens (tertiary/aromatic N) is 1. The zero-order valence-electron chi connectivity index (χ0n) is 13.9. The van der Waals surface area contributed by atoms with Gasteiger partial charge in [0, 0.05) is 12.5 Å². The fourth-order valence-electron chi connectivity index (χ4n) is 5.10. The van der Waals surface area contributed by atoms with E-state index in [-0.39, 0.29) is 47.9 Å². The lowest BCUT2D eigenvalue weighted by Crippen LogP contribution is -2.43. The molecule has 2 fully saturated rings. The number of allylic oxidation sites excluding steroid dienone is 2. The van der Waals surface area contributed by atoms with Crippen LogP contribution in [0.1, 0.15) is 23.5 Å². The van der Waals surface area contributed by atoms with Crippen LogP contribution in [0, 0.1) is 23.7 Å². The van der Waals surface area contributed by atoms with Gasteiger partial charge in [-0.05, 0) is 35.8 Å². The second-order valence-electron chi connectivity index (χ2n) is 7.67. The first kappa shape index (κ1) is 14.9. The number of amides is 3. The average Bonchev–Trinajstić information content (AvgIpc) is 3.26. The molecule has 3 aliphatic carbocycles. The van der Waals surface area contributed by atoms with Gasteiger partial charge in [0.15, 0.2) is 0 Å². The molecule has 0 unspecified atom stereocenters. The topological polar surface area (TPSA) is 66.5 Å². The number of carbonyl (C=O) groups is 3. The van der Waals surface area contributed by atoms with Gasteiger partial charge in [-0.15, -0.1) is 0 Å². The van der Waals surface area contributed by atoms with Crippen molar-refractivity contribution in [1.29, 1.82) is 0 Å². The third kappa shape index (κ3) is 2.11. The molecule has 5 rings (SSSR count). The highest BCUT2D eigenvalue weighted by Gasteiger charge is 2.59. The second-order valence-corrected chi connectivity index (χ2v) is 7.67. The van der Waals surface area contributed by atoms with Crippen molar-refractivity contribution in [2.45, 2.75) is 18.8 Å². The fourth-order valence-corrected chi connectivity index (χ4v) is 5.10. The molecule has 1 aromatic rings. The van der Waals surface area contributed by atoms with E-state index in [1.54, 1.807) is 0 Å². The van der Waals surface area contributed by atoms with Crippen LogP contribution in [0.5, 0.6) is 0 Å². The third-order valence-electron chi connectivity index (χ3n) is 6.37. The molecule has 1 saturated heterocycles. The Bertz CT molecular complexity index is 785. The Balaban J connectivity index is 1.20. The SMILES string of the molecule is O=C(CN1C(=O)[C@H]2[C@H](C1=O)[C@H]1C=C[C@H]2C1)NC[C@H]1Cc2ccccc21. The lowest BCUT2D eigenvalue weighted by molar-refractivity contribution is -0.144. The molecular formula is C20H20N2O3. The van der Waals surface area contributed by atoms with E-state index in [1.165, 1.54) is 16.0 Å². The maximum Gasteiger partial charge on any atom is 0.240 e. The zero-order valence-corrected chi connectivity index (χ0v) is 13.9. The molecule has 25 heavy (non-hydrogen) atoms. The fraction of sp³-hybridized carbons (Fsp3) is 0.450. The van der Waals surface area contributed by atoms with Gasteiger partial charge in [0.25, 0.3) is 0 Å². The maximum atomic E-state index is 12.6. The number of carbonyl (C=O) groups excluding carboxylic acids is 3. The summed E-state index contributed by atoms with van der Waals surface area (Å²) in [7, 11) is 0. The lowest BCUT2D eigenvalue weighted by atomic mass is 9.77. The normalized spacial score (nSPS) is 34.1. The average molecular weight is 336 g/mol. The zero-order chi connectivity index (χ0) is 17.1. The summed E-state index contributed by atoms with van der Waals surface area (Å²) in [6.45, 7) is 0.421. The lowest BCUT2D eigenvalue weighted by Gasteiger charge is -2.30. The first-order valence-corrected chi connectivity index (χ1v) is 9.01. The highest BCUT2D eigenvalue weighted by Crippen LogP contribution is 2.52. The summed E-state index contributed by atoms with van der Waals surface area (Å²) in [5.41, 5.74) is 2.62. The Morgan fingerprint density at radius 2 is 1.76 bits per heavy atom. The smallest absolute Gasteiger partial charge is 0.240 e. The van der Waals surface area contributed by atoms with E-state index in [0.29, 0.717) is 12.5 Å². The molecule has 1 aliphatic heterocycles. The molecule has 1 heterocycles. The van der Waals surface area contributed by atoms with Crippen molar-refractivity contribution in [1.82, 2.24) is 10.2 Å². The molecule has 1 saturated carbocycles. The number of nitrogens with one attached hydrogen (secondary N) is 1. The molecule has 1 N–H and O–H groups in total. The molecule has 128 valence electrons. The summed E-state index contributed by atoms with van der Waals surface area (Å²) in [5, 5.41) is 2.90. The van der Waals surface area contributed by atoms with E-state index < -0.39 is 0 Å². The molecule has 1 aromatic carbocycles. The minimum Gasteiger partial charge on any atom is -0.354 e. The van der Waals surface area contributed by atoms with Crippen LogP contribution in [0.3, 0.4) is 0 Å². The van der Waals surface area contributed by atoms with E-state index >= 15 is 0 Å². The Morgan fingerprint density at radius 3 is 2.44 bits per heavy atom. The molecule has 0 spiro atoms. The number of hydrogen-bond acceptors (Lipinski definition) is 3. The molecule has 5 heteroatoms. The number of hydrogen-bond donors (Lipinski definition) is 1. The first-order chi connectivity index (χ1) is 12.1. The van der Waals surface area contributed by atoms with E-state index in [0.717, 1.165) is 12.8 Å². The van der Waals surface area contributed by atoms with Crippen molar-refractivity contribution in [2.75, 3.05) is 13.1 Å². The number of imide groups is 1. The summed E-state index contributed by atoms with van der Waals surface area (Å²) in [6.07, 6.45) is 6.01. The van der Waals surface area contributed by atoms with Crippen LogP contribution < -0.4 is 5.32 Å². The van der Waals surface area contributed by atoms with Crippen LogP contribution in [0.15, 0.2) is 36.4 Å². The Morgan fingerprint density at radius 1 is 1.08 bits per heavy atom. The summed E-state index contributed by atoms with van der Waals surface area (Å²) >= 11 is 0. The third-order valence-corrected chi connectivity index (χ3v) is 6.37. The van der Waals surface area contributed by atoms with Crippen molar-refractivity contribution in [3.8, 4) is 0 Å². The van der Waals surface area contributed by atoms with E-state index in [1.807, 2.05) is 12.1 Å². The van der Waals surface area contributed by atoms with Crippen molar-refractivity contribution >= 4 is 17.7 Å². The molecule has 2 bridgehead atoms. The van der Waals surface area contributed by atoms with Crippen molar-refractivity contribution in [3.63, 3.8) is 0 Å². The van der Waals surface area contributed by atoms with Crippen LogP contribution in [0.2, 0.25) is 0 Å². The largest absolute Gasteiger partial charge is 0.354 e. The van der Waals surface area contributed by atoms with E-state index in [2.05, 4.69) is 29.6 Å². The van der Waals surface area contributed by atoms with E-state index in [4.69, 9.17) is 0 Å². The second kappa shape index (κ2) is 5.28. The number of fused-ring (bicyclic) bond motifs is 6. The number of benzene rings is 1. The van der Waals surface area contributed by atoms with Crippen LogP contribution in [-0.4, -0.2) is 35.7 Å². The monoisotopic (exact) mass is 336 g/mol. The predicted molar refractivity (Wildman–Crippen MR) is 90.3 cm³/mol. The number of rotatable bonds is 4. The van der Waals surface area contributed by atoms with Gasteiger partial charge < -0.3 is 5.32 Å². The molecule has 4 aliphatic rings. The standard InChI is InChI=1S/C20H20N2O3/c23-16(21-9-14-7-11-3-1-2-4-15(11)14)10-22-19(24)17-12-5-6-13(8-12)18(17)20(22)25/h1-6,12-14,17-18H,7-10H2,(H,21,23)/t12-,13-,14+,17+,18+/m0/s1. The van der Waals surface area contributed by atoms with Crippen molar-refractivity contribution in [2.24, 2.45) is 23.7 Å². The summed E-state index contributed by atoms with van der Waals surface area (Å²) in [5.74, 6) is -0.303. The Kier molecular flexibility index (Phi) is 3.14. The Labute approximate surface area is 146 Å². The minimum atomic E-state index is -0.244. The molecule has 5 atom stereocenters. The van der Waals surface area contributed by atoms with Gasteiger partial charge in [0.1, 0.15) is 6.54 Å². The Hall–Kier alpha value is -2.43. The van der Waals surface area contributed by atoms with Gasteiger partial charge in [-0.25, -0.2) is 0 Å². The first-order valence-electron chi connectivity index (χ1n) is 9.01.